The van der Waals surface area contributed by atoms with Crippen LogP contribution in [0.15, 0.2) is 0 Å². The summed E-state index contributed by atoms with van der Waals surface area (Å²) in [5.41, 5.74) is 2.79. The lowest BCUT2D eigenvalue weighted by Crippen LogP contribution is -2.66. The Kier molecular flexibility index (Phi) is 1.57. The minimum atomic E-state index is -4.47. The summed E-state index contributed by atoms with van der Waals surface area (Å²) >= 11 is 0. The van der Waals surface area contributed by atoms with Gasteiger partial charge in [0.1, 0.15) is 0 Å². The van der Waals surface area contributed by atoms with E-state index in [0.29, 0.717) is 12.8 Å². The van der Waals surface area contributed by atoms with Gasteiger partial charge in [0.2, 0.25) is 0 Å². The highest BCUT2D eigenvalue weighted by Gasteiger charge is 2.69. The first-order valence-electron chi connectivity index (χ1n) is 4.31. The first kappa shape index (κ1) is 9.27. The third kappa shape index (κ3) is 1.17. The lowest BCUT2D eigenvalue weighted by molar-refractivity contribution is -0.327. The van der Waals surface area contributed by atoms with Crippen LogP contribution in [0.3, 0.4) is 0 Å². The number of alkyl halides is 3. The van der Waals surface area contributed by atoms with E-state index in [4.69, 9.17) is 10.8 Å². The van der Waals surface area contributed by atoms with Crippen LogP contribution in [-0.4, -0.2) is 22.9 Å². The highest BCUT2D eigenvalue weighted by Crippen LogP contribution is 2.63. The van der Waals surface area contributed by atoms with Gasteiger partial charge in [0.05, 0.1) is 0 Å². The predicted octanol–water partition coefficient (Wildman–Crippen LogP) is 1.18. The molecule has 2 saturated carbocycles. The molecule has 0 aromatic carbocycles. The van der Waals surface area contributed by atoms with E-state index < -0.39 is 11.8 Å². The molecule has 3 N–H and O–H groups in total. The van der Waals surface area contributed by atoms with Gasteiger partial charge >= 0.3 is 6.18 Å². The van der Waals surface area contributed by atoms with E-state index in [0.717, 1.165) is 0 Å². The minimum Gasteiger partial charge on any atom is -0.380 e. The van der Waals surface area contributed by atoms with Gasteiger partial charge in [-0.3, -0.25) is 0 Å². The second-order valence-corrected chi connectivity index (χ2v) is 4.55. The Morgan fingerprint density at radius 2 is 1.69 bits per heavy atom. The first-order chi connectivity index (χ1) is 5.77. The monoisotopic (exact) mass is 195 g/mol. The average Bonchev–Trinajstić information content (AvgIpc) is 1.77. The normalized spacial score (nSPS) is 50.1. The molecule has 0 aromatic rings. The van der Waals surface area contributed by atoms with Gasteiger partial charge in [-0.05, 0) is 31.1 Å². The second-order valence-electron chi connectivity index (χ2n) is 4.55. The summed E-state index contributed by atoms with van der Waals surface area (Å²) in [4.78, 5) is 0. The number of halogens is 3. The summed E-state index contributed by atoms with van der Waals surface area (Å²) in [5.74, 6) is 0. The molecule has 76 valence electrons. The van der Waals surface area contributed by atoms with Gasteiger partial charge in [-0.15, -0.1) is 0 Å². The van der Waals surface area contributed by atoms with Crippen molar-refractivity contribution in [2.45, 2.75) is 43.5 Å². The maximum atomic E-state index is 12.2. The van der Waals surface area contributed by atoms with Crippen molar-refractivity contribution in [2.24, 2.45) is 11.1 Å². The van der Waals surface area contributed by atoms with Crippen LogP contribution in [0.25, 0.3) is 0 Å². The quantitative estimate of drug-likeness (QED) is 0.609. The van der Waals surface area contributed by atoms with Crippen LogP contribution in [0.2, 0.25) is 0 Å². The highest BCUT2D eigenvalue weighted by atomic mass is 19.4. The summed E-state index contributed by atoms with van der Waals surface area (Å²) in [5, 5.41) is 9.17. The van der Waals surface area contributed by atoms with E-state index in [1.807, 2.05) is 0 Å². The van der Waals surface area contributed by atoms with E-state index in [-0.39, 0.29) is 24.3 Å². The maximum Gasteiger partial charge on any atom is 0.417 e. The first-order valence-corrected chi connectivity index (χ1v) is 4.31. The van der Waals surface area contributed by atoms with Crippen LogP contribution in [-0.2, 0) is 0 Å². The molecule has 0 aromatic heterocycles. The summed E-state index contributed by atoms with van der Waals surface area (Å²) in [6, 6.07) is 0.0396. The molecule has 0 heterocycles. The largest absolute Gasteiger partial charge is 0.417 e. The lowest BCUT2D eigenvalue weighted by atomic mass is 9.48. The van der Waals surface area contributed by atoms with Gasteiger partial charge in [-0.1, -0.05) is 0 Å². The molecule has 2 rings (SSSR count). The molecular formula is C8H12F3NO. The molecule has 2 fully saturated rings. The molecule has 13 heavy (non-hydrogen) atoms. The van der Waals surface area contributed by atoms with Crippen molar-refractivity contribution in [2.75, 3.05) is 0 Å². The number of hydrogen-bond donors (Lipinski definition) is 2. The average molecular weight is 195 g/mol. The van der Waals surface area contributed by atoms with E-state index in [1.54, 1.807) is 0 Å². The molecule has 0 saturated heterocycles. The van der Waals surface area contributed by atoms with E-state index >= 15 is 0 Å². The Labute approximate surface area is 73.9 Å². The Hall–Kier alpha value is -0.290. The number of aliphatic hydroxyl groups is 1. The third-order valence-corrected chi connectivity index (χ3v) is 3.25. The van der Waals surface area contributed by atoms with E-state index in [2.05, 4.69) is 0 Å². The summed E-state index contributed by atoms with van der Waals surface area (Å²) < 4.78 is 36.6. The maximum absolute atomic E-state index is 12.2. The Morgan fingerprint density at radius 1 is 1.23 bits per heavy atom. The van der Waals surface area contributed by atoms with Gasteiger partial charge in [-0.25, -0.2) is 0 Å². The van der Waals surface area contributed by atoms with Crippen molar-refractivity contribution < 1.29 is 18.3 Å². The zero-order valence-electron chi connectivity index (χ0n) is 7.06. The summed E-state index contributed by atoms with van der Waals surface area (Å²) in [6.07, 6.45) is -3.52. The van der Waals surface area contributed by atoms with Crippen molar-refractivity contribution in [1.29, 1.82) is 0 Å². The van der Waals surface area contributed by atoms with Crippen LogP contribution in [0, 0.1) is 5.41 Å². The smallest absolute Gasteiger partial charge is 0.380 e. The predicted molar refractivity (Wildman–Crippen MR) is 39.9 cm³/mol. The van der Waals surface area contributed by atoms with Gasteiger partial charge in [0.25, 0.3) is 0 Å². The topological polar surface area (TPSA) is 46.2 Å². The van der Waals surface area contributed by atoms with Crippen LogP contribution < -0.4 is 5.73 Å². The van der Waals surface area contributed by atoms with Gasteiger partial charge in [0, 0.05) is 6.04 Å². The molecule has 0 bridgehead atoms. The van der Waals surface area contributed by atoms with Gasteiger partial charge in [-0.2, -0.15) is 13.2 Å². The fourth-order valence-electron chi connectivity index (χ4n) is 2.73. The zero-order valence-corrected chi connectivity index (χ0v) is 7.06. The summed E-state index contributed by atoms with van der Waals surface area (Å²) in [7, 11) is 0. The SMILES string of the molecule is NC1CC2(C1)CC(O)(C(F)(F)F)C2. The molecule has 0 unspecified atom stereocenters. The van der Waals surface area contributed by atoms with Crippen molar-refractivity contribution in [3.63, 3.8) is 0 Å². The van der Waals surface area contributed by atoms with Crippen molar-refractivity contribution in [3.8, 4) is 0 Å². The molecule has 0 aliphatic heterocycles. The second kappa shape index (κ2) is 2.20. The molecular weight excluding hydrogens is 183 g/mol. The van der Waals surface area contributed by atoms with Crippen molar-refractivity contribution >= 4 is 0 Å². The molecule has 1 spiro atoms. The van der Waals surface area contributed by atoms with Crippen LogP contribution in [0.5, 0.6) is 0 Å². The molecule has 2 nitrogen and oxygen atoms in total. The molecule has 0 radical (unpaired) electrons. The number of rotatable bonds is 0. The van der Waals surface area contributed by atoms with Crippen LogP contribution in [0.4, 0.5) is 13.2 Å². The Morgan fingerprint density at radius 3 is 2.00 bits per heavy atom. The fraction of sp³-hybridized carbons (Fsp3) is 1.00. The molecule has 2 aliphatic rings. The number of nitrogens with two attached hydrogens (primary N) is 1. The van der Waals surface area contributed by atoms with Crippen LogP contribution >= 0.6 is 0 Å². The lowest BCUT2D eigenvalue weighted by Gasteiger charge is -2.60. The van der Waals surface area contributed by atoms with Gasteiger partial charge in [0.15, 0.2) is 5.60 Å². The Bertz CT molecular complexity index is 224. The third-order valence-electron chi connectivity index (χ3n) is 3.25. The standard InChI is InChI=1S/C8H12F3NO/c9-8(10,11)7(13)3-6(4-7)1-5(12)2-6/h5,13H,1-4,12H2. The van der Waals surface area contributed by atoms with Crippen molar-refractivity contribution in [1.82, 2.24) is 0 Å². The molecule has 0 amide bonds. The number of hydrogen-bond acceptors (Lipinski definition) is 2. The van der Waals surface area contributed by atoms with E-state index in [9.17, 15) is 13.2 Å². The van der Waals surface area contributed by atoms with E-state index in [1.165, 1.54) is 0 Å². The molecule has 0 atom stereocenters. The molecule has 2 aliphatic carbocycles. The Balaban J connectivity index is 1.97. The minimum absolute atomic E-state index is 0.0396. The van der Waals surface area contributed by atoms with Crippen molar-refractivity contribution in [3.05, 3.63) is 0 Å². The molecule has 5 heteroatoms. The van der Waals surface area contributed by atoms with Gasteiger partial charge < -0.3 is 10.8 Å². The van der Waals surface area contributed by atoms with Crippen LogP contribution in [0.1, 0.15) is 25.7 Å². The summed E-state index contributed by atoms with van der Waals surface area (Å²) in [6.45, 7) is 0. The fourth-order valence-corrected chi connectivity index (χ4v) is 2.73. The zero-order chi connectivity index (χ0) is 9.91. The highest BCUT2D eigenvalue weighted by molar-refractivity contribution is 5.14.